The van der Waals surface area contributed by atoms with Gasteiger partial charge in [-0.05, 0) is 67.1 Å². The smallest absolute Gasteiger partial charge is 0.0761 e. The van der Waals surface area contributed by atoms with Gasteiger partial charge in [0.15, 0.2) is 0 Å². The van der Waals surface area contributed by atoms with E-state index in [-0.39, 0.29) is 6.04 Å². The average molecular weight is 426 g/mol. The molecule has 0 aliphatic heterocycles. The predicted octanol–water partition coefficient (Wildman–Crippen LogP) is 5.52. The lowest BCUT2D eigenvalue weighted by molar-refractivity contribution is 0.634. The number of halogens is 2. The van der Waals surface area contributed by atoms with E-state index in [1.807, 2.05) is 12.4 Å². The van der Waals surface area contributed by atoms with Crippen molar-refractivity contribution in [2.45, 2.75) is 13.0 Å². The highest BCUT2D eigenvalue weighted by Crippen LogP contribution is 2.39. The molecule has 2 heterocycles. The Morgan fingerprint density at radius 3 is 2.81 bits per heavy atom. The zero-order valence-corrected chi connectivity index (χ0v) is 15.4. The van der Waals surface area contributed by atoms with Crippen molar-refractivity contribution in [3.63, 3.8) is 0 Å². The van der Waals surface area contributed by atoms with E-state index >= 15 is 0 Å². The first-order valence-corrected chi connectivity index (χ1v) is 9.11. The summed E-state index contributed by atoms with van der Waals surface area (Å²) in [6.07, 6.45) is 3.77. The van der Waals surface area contributed by atoms with Gasteiger partial charge in [-0.3, -0.25) is 4.98 Å². The molecule has 1 aromatic carbocycles. The molecule has 1 unspecified atom stereocenters. The van der Waals surface area contributed by atoms with Gasteiger partial charge in [-0.15, -0.1) is 11.3 Å². The molecule has 0 saturated carbocycles. The Labute approximate surface area is 144 Å². The van der Waals surface area contributed by atoms with E-state index in [9.17, 15) is 0 Å². The van der Waals surface area contributed by atoms with Gasteiger partial charge in [0.25, 0.3) is 0 Å². The number of hydrogen-bond acceptors (Lipinski definition) is 3. The van der Waals surface area contributed by atoms with Crippen LogP contribution in [0.15, 0.2) is 50.3 Å². The van der Waals surface area contributed by atoms with E-state index in [4.69, 9.17) is 0 Å². The highest BCUT2D eigenvalue weighted by molar-refractivity contribution is 9.12. The summed E-state index contributed by atoms with van der Waals surface area (Å²) in [6, 6.07) is 10.8. The maximum atomic E-state index is 4.22. The summed E-state index contributed by atoms with van der Waals surface area (Å²) in [5.41, 5.74) is 2.54. The lowest BCUT2D eigenvalue weighted by Crippen LogP contribution is -2.22. The van der Waals surface area contributed by atoms with Crippen LogP contribution >= 0.6 is 43.2 Å². The van der Waals surface area contributed by atoms with E-state index in [1.165, 1.54) is 21.9 Å². The van der Waals surface area contributed by atoms with E-state index in [0.717, 1.165) is 14.1 Å². The number of nitrogens with one attached hydrogen (secondary N) is 1. The second kappa shape index (κ2) is 6.57. The first kappa shape index (κ1) is 15.2. The zero-order valence-electron chi connectivity index (χ0n) is 11.4. The number of benzene rings is 1. The highest BCUT2D eigenvalue weighted by atomic mass is 79.9. The van der Waals surface area contributed by atoms with E-state index in [1.54, 1.807) is 11.3 Å². The van der Waals surface area contributed by atoms with Gasteiger partial charge >= 0.3 is 0 Å². The zero-order chi connectivity index (χ0) is 14.8. The summed E-state index contributed by atoms with van der Waals surface area (Å²) in [6.45, 7) is 3.04. The van der Waals surface area contributed by atoms with Crippen LogP contribution in [-0.4, -0.2) is 11.5 Å². The maximum Gasteiger partial charge on any atom is 0.0761 e. The third-order valence-corrected chi connectivity index (χ3v) is 5.81. The van der Waals surface area contributed by atoms with Crippen molar-refractivity contribution in [1.82, 2.24) is 10.3 Å². The Morgan fingerprint density at radius 1 is 1.24 bits per heavy atom. The van der Waals surface area contributed by atoms with Gasteiger partial charge in [-0.25, -0.2) is 0 Å². The Balaban J connectivity index is 2.18. The summed E-state index contributed by atoms with van der Waals surface area (Å²) in [5.74, 6) is 0. The fourth-order valence-corrected chi connectivity index (χ4v) is 5.44. The molecular weight excluding hydrogens is 412 g/mol. The second-order valence-corrected chi connectivity index (χ2v) is 8.46. The Kier molecular flexibility index (Phi) is 4.74. The SMILES string of the molecule is CCNC(c1cc(Br)sc1Br)c1cccc2cnccc12. The fraction of sp³-hybridized carbons (Fsp3) is 0.188. The van der Waals surface area contributed by atoms with Crippen LogP contribution in [0, 0.1) is 0 Å². The topological polar surface area (TPSA) is 24.9 Å². The van der Waals surface area contributed by atoms with Crippen molar-refractivity contribution in [2.24, 2.45) is 0 Å². The number of nitrogens with zero attached hydrogens (tertiary/aromatic N) is 1. The normalized spacial score (nSPS) is 12.7. The minimum Gasteiger partial charge on any atom is -0.306 e. The number of fused-ring (bicyclic) bond motifs is 1. The highest BCUT2D eigenvalue weighted by Gasteiger charge is 2.20. The lowest BCUT2D eigenvalue weighted by atomic mass is 9.96. The standard InChI is InChI=1S/C16H14Br2N2S/c1-2-20-15(13-8-14(17)21-16(13)18)12-5-3-4-10-9-19-7-6-11(10)12/h3-9,15,20H,2H2,1H3. The van der Waals surface area contributed by atoms with Crippen LogP contribution < -0.4 is 5.32 Å². The average Bonchev–Trinajstić information content (AvgIpc) is 2.83. The molecule has 3 rings (SSSR count). The van der Waals surface area contributed by atoms with Crippen LogP contribution in [0.2, 0.25) is 0 Å². The molecule has 5 heteroatoms. The van der Waals surface area contributed by atoms with Crippen molar-refractivity contribution in [3.05, 3.63) is 61.4 Å². The van der Waals surface area contributed by atoms with Gasteiger partial charge in [0.2, 0.25) is 0 Å². The number of hydrogen-bond donors (Lipinski definition) is 1. The van der Waals surface area contributed by atoms with Crippen LogP contribution in [0.4, 0.5) is 0 Å². The maximum absolute atomic E-state index is 4.22. The minimum absolute atomic E-state index is 0.165. The molecule has 0 aliphatic carbocycles. The quantitative estimate of drug-likeness (QED) is 0.595. The van der Waals surface area contributed by atoms with E-state index in [2.05, 4.69) is 79.4 Å². The van der Waals surface area contributed by atoms with Crippen LogP contribution in [0.3, 0.4) is 0 Å². The van der Waals surface area contributed by atoms with E-state index < -0.39 is 0 Å². The minimum atomic E-state index is 0.165. The molecule has 21 heavy (non-hydrogen) atoms. The Hall–Kier alpha value is -0.750. The van der Waals surface area contributed by atoms with Gasteiger partial charge in [-0.2, -0.15) is 0 Å². The number of thiophene rings is 1. The summed E-state index contributed by atoms with van der Waals surface area (Å²) in [7, 11) is 0. The summed E-state index contributed by atoms with van der Waals surface area (Å²) < 4.78 is 2.29. The molecule has 0 radical (unpaired) electrons. The van der Waals surface area contributed by atoms with Gasteiger partial charge in [0.1, 0.15) is 0 Å². The van der Waals surface area contributed by atoms with Gasteiger partial charge in [-0.1, -0.05) is 25.1 Å². The molecule has 0 amide bonds. The van der Waals surface area contributed by atoms with Crippen LogP contribution in [0.25, 0.3) is 10.8 Å². The molecule has 0 spiro atoms. The molecule has 0 saturated heterocycles. The second-order valence-electron chi connectivity index (χ2n) is 4.71. The van der Waals surface area contributed by atoms with Gasteiger partial charge < -0.3 is 5.32 Å². The predicted molar refractivity (Wildman–Crippen MR) is 97.0 cm³/mol. The Morgan fingerprint density at radius 2 is 2.10 bits per heavy atom. The van der Waals surface area contributed by atoms with E-state index in [0.29, 0.717) is 0 Å². The van der Waals surface area contributed by atoms with Crippen molar-refractivity contribution in [1.29, 1.82) is 0 Å². The third kappa shape index (κ3) is 3.06. The van der Waals surface area contributed by atoms with Crippen molar-refractivity contribution < 1.29 is 0 Å². The molecule has 0 fully saturated rings. The summed E-state index contributed by atoms with van der Waals surface area (Å²) in [5, 5.41) is 6.01. The molecule has 1 atom stereocenters. The van der Waals surface area contributed by atoms with Crippen molar-refractivity contribution >= 4 is 54.0 Å². The fourth-order valence-electron chi connectivity index (χ4n) is 2.54. The summed E-state index contributed by atoms with van der Waals surface area (Å²) in [4.78, 5) is 4.22. The number of aromatic nitrogens is 1. The molecule has 2 nitrogen and oxygen atoms in total. The van der Waals surface area contributed by atoms with Crippen LogP contribution in [0.5, 0.6) is 0 Å². The first-order chi connectivity index (χ1) is 10.2. The lowest BCUT2D eigenvalue weighted by Gasteiger charge is -2.20. The number of pyridine rings is 1. The molecule has 1 N–H and O–H groups in total. The van der Waals surface area contributed by atoms with Gasteiger partial charge in [0, 0.05) is 17.8 Å². The van der Waals surface area contributed by atoms with Gasteiger partial charge in [0.05, 0.1) is 13.6 Å². The molecule has 0 bridgehead atoms. The van der Waals surface area contributed by atoms with Crippen molar-refractivity contribution in [3.8, 4) is 0 Å². The van der Waals surface area contributed by atoms with Crippen molar-refractivity contribution in [2.75, 3.05) is 6.54 Å². The molecule has 2 aromatic heterocycles. The molecule has 0 aliphatic rings. The third-order valence-electron chi connectivity index (χ3n) is 3.43. The molecule has 108 valence electrons. The monoisotopic (exact) mass is 424 g/mol. The first-order valence-electron chi connectivity index (χ1n) is 6.71. The number of rotatable bonds is 4. The molecule has 3 aromatic rings. The molecular formula is C16H14Br2N2S. The van der Waals surface area contributed by atoms with Crippen LogP contribution in [0.1, 0.15) is 24.1 Å². The van der Waals surface area contributed by atoms with Crippen LogP contribution in [-0.2, 0) is 0 Å². The summed E-state index contributed by atoms with van der Waals surface area (Å²) >= 11 is 8.97. The Bertz CT molecular complexity index is 765. The largest absolute Gasteiger partial charge is 0.306 e.